The molecule has 4 aromatic rings. The van der Waals surface area contributed by atoms with Crippen LogP contribution < -0.4 is 4.72 Å². The van der Waals surface area contributed by atoms with Crippen LogP contribution in [0, 0.1) is 0 Å². The minimum Gasteiger partial charge on any atom is -0.267 e. The quantitative estimate of drug-likeness (QED) is 0.314. The van der Waals surface area contributed by atoms with Crippen LogP contribution in [0.25, 0.3) is 22.5 Å². The topological polar surface area (TPSA) is 131 Å². The van der Waals surface area contributed by atoms with E-state index in [9.17, 15) is 13.2 Å². The highest BCUT2D eigenvalue weighted by Crippen LogP contribution is 2.31. The van der Waals surface area contributed by atoms with Crippen LogP contribution in [0.15, 0.2) is 48.5 Å². The van der Waals surface area contributed by atoms with Gasteiger partial charge in [-0.2, -0.15) is 9.59 Å². The highest BCUT2D eigenvalue weighted by atomic mass is 32.2. The van der Waals surface area contributed by atoms with Gasteiger partial charge in [0.15, 0.2) is 0 Å². The van der Waals surface area contributed by atoms with Crippen LogP contribution in [0.4, 0.5) is 0 Å². The number of aryl methyl sites for hydroxylation is 1. The molecule has 188 valence electrons. The fourth-order valence-electron chi connectivity index (χ4n) is 3.75. The lowest BCUT2D eigenvalue weighted by molar-refractivity contribution is 0.0984. The van der Waals surface area contributed by atoms with Crippen molar-refractivity contribution in [1.29, 1.82) is 0 Å². The van der Waals surface area contributed by atoms with Crippen LogP contribution in [0.2, 0.25) is 0 Å². The number of amides is 1. The predicted molar refractivity (Wildman–Crippen MR) is 140 cm³/mol. The number of hydrogen-bond donors (Lipinski definition) is 2. The molecular weight excluding hydrogens is 496 g/mol. The average Bonchev–Trinajstić information content (AvgIpc) is 3.53. The normalized spacial score (nSPS) is 11.7. The van der Waals surface area contributed by atoms with Gasteiger partial charge in [-0.05, 0) is 60.1 Å². The van der Waals surface area contributed by atoms with Crippen molar-refractivity contribution < 1.29 is 13.2 Å². The van der Waals surface area contributed by atoms with Crippen molar-refractivity contribution in [2.45, 2.75) is 51.7 Å². The molecule has 0 saturated heterocycles. The Morgan fingerprint density at radius 1 is 1.08 bits per heavy atom. The molecule has 2 aromatic heterocycles. The van der Waals surface area contributed by atoms with Gasteiger partial charge in [0.1, 0.15) is 4.88 Å². The second kappa shape index (κ2) is 11.1. The second-order valence-corrected chi connectivity index (χ2v) is 11.7. The lowest BCUT2D eigenvalue weighted by Gasteiger charge is -2.11. The molecule has 0 unspecified atom stereocenters. The minimum atomic E-state index is -3.74. The molecule has 4 rings (SSSR count). The number of carbonyl (C=O) groups is 1. The van der Waals surface area contributed by atoms with E-state index >= 15 is 0 Å². The summed E-state index contributed by atoms with van der Waals surface area (Å²) >= 11 is 1.06. The molecule has 0 fully saturated rings. The summed E-state index contributed by atoms with van der Waals surface area (Å²) < 4.78 is 31.3. The van der Waals surface area contributed by atoms with E-state index < -0.39 is 21.2 Å². The van der Waals surface area contributed by atoms with Crippen LogP contribution in [-0.4, -0.2) is 44.6 Å². The molecule has 0 aliphatic heterocycles. The molecule has 0 aliphatic carbocycles. The van der Waals surface area contributed by atoms with Gasteiger partial charge in [0.2, 0.25) is 15.8 Å². The molecule has 0 saturated carbocycles. The summed E-state index contributed by atoms with van der Waals surface area (Å²) in [5.74, 6) is -0.101. The van der Waals surface area contributed by atoms with Crippen molar-refractivity contribution >= 4 is 27.5 Å². The summed E-state index contributed by atoms with van der Waals surface area (Å²) in [6.07, 6.45) is 3.15. The Kier molecular flexibility index (Phi) is 7.90. The molecule has 1 amide bonds. The van der Waals surface area contributed by atoms with Crippen LogP contribution >= 0.6 is 11.5 Å². The summed E-state index contributed by atoms with van der Waals surface area (Å²) in [4.78, 5) is 13.3. The second-order valence-electron chi connectivity index (χ2n) is 8.72. The zero-order valence-corrected chi connectivity index (χ0v) is 22.0. The van der Waals surface area contributed by atoms with Gasteiger partial charge < -0.3 is 0 Å². The zero-order valence-electron chi connectivity index (χ0n) is 20.4. The summed E-state index contributed by atoms with van der Waals surface area (Å²) in [5, 5.41) is 13.6. The molecule has 0 spiro atoms. The van der Waals surface area contributed by atoms with Gasteiger partial charge in [0.25, 0.3) is 5.91 Å². The van der Waals surface area contributed by atoms with E-state index in [4.69, 9.17) is 0 Å². The van der Waals surface area contributed by atoms with E-state index in [2.05, 4.69) is 36.6 Å². The number of H-pyrrole nitrogens is 1. The van der Waals surface area contributed by atoms with E-state index in [1.165, 1.54) is 13.8 Å². The highest BCUT2D eigenvalue weighted by Gasteiger charge is 2.25. The minimum absolute atomic E-state index is 0.344. The van der Waals surface area contributed by atoms with Crippen molar-refractivity contribution in [3.05, 3.63) is 70.2 Å². The van der Waals surface area contributed by atoms with Gasteiger partial charge in [0.05, 0.1) is 10.9 Å². The Morgan fingerprint density at radius 3 is 2.44 bits per heavy atom. The standard InChI is InChI=1S/C25H28N6O3S2/c1-4-5-10-22-21(23(35-28-22)25(32)29-36(33,34)16(2)3)15-17-11-13-18(14-12-17)19-8-6-7-9-20(19)24-26-30-31-27-24/h6-9,11-14,16H,4-5,10,15H2,1-3H3,(H,29,32)(H,26,27,30,31). The number of hydrogen-bond acceptors (Lipinski definition) is 8. The van der Waals surface area contributed by atoms with Gasteiger partial charge in [-0.15, -0.1) is 10.2 Å². The summed E-state index contributed by atoms with van der Waals surface area (Å²) in [6, 6.07) is 15.9. The van der Waals surface area contributed by atoms with Gasteiger partial charge in [-0.25, -0.2) is 13.1 Å². The number of benzene rings is 2. The largest absolute Gasteiger partial charge is 0.276 e. The third kappa shape index (κ3) is 5.68. The number of sulfonamides is 1. The van der Waals surface area contributed by atoms with Crippen molar-refractivity contribution in [3.8, 4) is 22.5 Å². The molecule has 9 nitrogen and oxygen atoms in total. The smallest absolute Gasteiger partial charge is 0.267 e. The van der Waals surface area contributed by atoms with Crippen LogP contribution in [0.5, 0.6) is 0 Å². The van der Waals surface area contributed by atoms with Crippen LogP contribution in [0.1, 0.15) is 60.1 Å². The van der Waals surface area contributed by atoms with E-state index in [0.717, 1.165) is 64.3 Å². The van der Waals surface area contributed by atoms with Gasteiger partial charge in [0, 0.05) is 17.5 Å². The van der Waals surface area contributed by atoms with Gasteiger partial charge >= 0.3 is 0 Å². The predicted octanol–water partition coefficient (Wildman–Crippen LogP) is 4.39. The fraction of sp³-hybridized carbons (Fsp3) is 0.320. The number of aromatic nitrogens is 5. The third-order valence-electron chi connectivity index (χ3n) is 5.86. The van der Waals surface area contributed by atoms with Crippen molar-refractivity contribution in [2.75, 3.05) is 0 Å². The Hall–Kier alpha value is -3.44. The summed E-state index contributed by atoms with van der Waals surface area (Å²) in [6.45, 7) is 5.17. The van der Waals surface area contributed by atoms with Gasteiger partial charge in [-0.3, -0.25) is 4.79 Å². The maximum Gasteiger partial charge on any atom is 0.276 e. The first-order valence-corrected chi connectivity index (χ1v) is 14.1. The van der Waals surface area contributed by atoms with Crippen molar-refractivity contribution in [2.24, 2.45) is 0 Å². The maximum absolute atomic E-state index is 12.9. The number of rotatable bonds is 10. The van der Waals surface area contributed by atoms with Crippen LogP contribution in [-0.2, 0) is 22.9 Å². The Bertz CT molecular complexity index is 1430. The molecule has 2 heterocycles. The Balaban J connectivity index is 1.62. The Morgan fingerprint density at radius 2 is 1.81 bits per heavy atom. The molecule has 11 heteroatoms. The van der Waals surface area contributed by atoms with Gasteiger partial charge in [-0.1, -0.05) is 61.9 Å². The van der Waals surface area contributed by atoms with Crippen molar-refractivity contribution in [3.63, 3.8) is 0 Å². The summed E-state index contributed by atoms with van der Waals surface area (Å²) in [7, 11) is -3.74. The molecular formula is C25H28N6O3S2. The molecule has 36 heavy (non-hydrogen) atoms. The highest BCUT2D eigenvalue weighted by molar-refractivity contribution is 7.90. The number of nitrogens with zero attached hydrogens (tertiary/aromatic N) is 4. The Labute approximate surface area is 214 Å². The first kappa shape index (κ1) is 25.6. The molecule has 2 aromatic carbocycles. The maximum atomic E-state index is 12.9. The van der Waals surface area contributed by atoms with E-state index in [1.54, 1.807) is 0 Å². The number of unbranched alkanes of at least 4 members (excludes halogenated alkanes) is 1. The number of carbonyl (C=O) groups excluding carboxylic acids is 1. The number of aromatic amines is 1. The van der Waals surface area contributed by atoms with E-state index in [1.807, 2.05) is 48.5 Å². The lowest BCUT2D eigenvalue weighted by atomic mass is 9.96. The molecule has 0 atom stereocenters. The van der Waals surface area contributed by atoms with Crippen molar-refractivity contribution in [1.82, 2.24) is 29.7 Å². The molecule has 0 bridgehead atoms. The average molecular weight is 525 g/mol. The third-order valence-corrected chi connectivity index (χ3v) is 8.49. The fourth-order valence-corrected chi connectivity index (χ4v) is 5.25. The first-order valence-electron chi connectivity index (χ1n) is 11.8. The monoisotopic (exact) mass is 524 g/mol. The number of nitrogens with one attached hydrogen (secondary N) is 2. The molecule has 0 radical (unpaired) electrons. The number of tetrazole rings is 1. The zero-order chi connectivity index (χ0) is 25.7. The summed E-state index contributed by atoms with van der Waals surface area (Å²) in [5.41, 5.74) is 5.47. The molecule has 0 aliphatic rings. The van der Waals surface area contributed by atoms with E-state index in [-0.39, 0.29) is 0 Å². The first-order chi connectivity index (χ1) is 17.3. The molecule has 2 N–H and O–H groups in total. The van der Waals surface area contributed by atoms with E-state index in [0.29, 0.717) is 17.1 Å². The SMILES string of the molecule is CCCCc1nsc(C(=O)NS(=O)(=O)C(C)C)c1Cc1ccc(-c2ccccc2-c2nn[nH]n2)cc1. The lowest BCUT2D eigenvalue weighted by Crippen LogP contribution is -2.35. The van der Waals surface area contributed by atoms with Crippen LogP contribution in [0.3, 0.4) is 0 Å².